The van der Waals surface area contributed by atoms with Gasteiger partial charge in [-0.3, -0.25) is 9.59 Å². The lowest BCUT2D eigenvalue weighted by Crippen LogP contribution is -2.33. The Kier molecular flexibility index (Phi) is 7.18. The number of likely N-dealkylation sites (tertiary alicyclic amines) is 1. The Morgan fingerprint density at radius 1 is 1.19 bits per heavy atom. The number of benzene rings is 1. The molecule has 1 unspecified atom stereocenters. The molecule has 1 atom stereocenters. The third-order valence-electron chi connectivity index (χ3n) is 5.22. The third-order valence-corrected chi connectivity index (χ3v) is 6.29. The first kappa shape index (κ1) is 23.0. The van der Waals surface area contributed by atoms with E-state index in [1.165, 1.54) is 16.2 Å². The van der Waals surface area contributed by atoms with E-state index in [0.717, 1.165) is 21.8 Å². The number of aliphatic hydroxyl groups is 1. The summed E-state index contributed by atoms with van der Waals surface area (Å²) in [7, 11) is 0. The van der Waals surface area contributed by atoms with Crippen molar-refractivity contribution in [2.75, 3.05) is 19.8 Å². The number of carbonyl (C=O) groups is 2. The molecule has 7 heteroatoms. The molecule has 2 heterocycles. The van der Waals surface area contributed by atoms with Gasteiger partial charge in [0.2, 0.25) is 0 Å². The van der Waals surface area contributed by atoms with Crippen molar-refractivity contribution < 1.29 is 24.2 Å². The molecule has 1 amide bonds. The maximum atomic E-state index is 13.0. The molecule has 1 fully saturated rings. The smallest absolute Gasteiger partial charge is 0.295 e. The van der Waals surface area contributed by atoms with Gasteiger partial charge in [0, 0.05) is 17.0 Å². The average Bonchev–Trinajstić information content (AvgIpc) is 3.24. The zero-order valence-corrected chi connectivity index (χ0v) is 19.4. The Morgan fingerprint density at radius 3 is 2.52 bits per heavy atom. The van der Waals surface area contributed by atoms with Gasteiger partial charge in [0.15, 0.2) is 0 Å². The van der Waals surface area contributed by atoms with Crippen molar-refractivity contribution in [2.24, 2.45) is 0 Å². The predicted octanol–water partition coefficient (Wildman–Crippen LogP) is 4.61. The minimum absolute atomic E-state index is 0.0191. The van der Waals surface area contributed by atoms with Crippen LogP contribution in [0.5, 0.6) is 5.75 Å². The number of thiophene rings is 1. The fraction of sp³-hybridized carbons (Fsp3) is 0.417. The van der Waals surface area contributed by atoms with Gasteiger partial charge in [0.05, 0.1) is 30.9 Å². The number of rotatable bonds is 8. The van der Waals surface area contributed by atoms with Gasteiger partial charge in [-0.1, -0.05) is 0 Å². The number of nitrogens with zero attached hydrogens (tertiary/aromatic N) is 1. The number of hydrogen-bond donors (Lipinski definition) is 1. The molecule has 1 aliphatic rings. The van der Waals surface area contributed by atoms with Gasteiger partial charge in [0.25, 0.3) is 11.7 Å². The molecule has 0 bridgehead atoms. The van der Waals surface area contributed by atoms with Gasteiger partial charge in [-0.2, -0.15) is 0 Å². The van der Waals surface area contributed by atoms with Crippen LogP contribution < -0.4 is 4.74 Å². The molecule has 0 saturated carbocycles. The fourth-order valence-electron chi connectivity index (χ4n) is 3.70. The largest absolute Gasteiger partial charge is 0.507 e. The minimum atomic E-state index is -0.675. The maximum Gasteiger partial charge on any atom is 0.295 e. The van der Waals surface area contributed by atoms with Crippen LogP contribution in [-0.2, 0) is 14.3 Å². The molecule has 166 valence electrons. The van der Waals surface area contributed by atoms with Crippen molar-refractivity contribution >= 4 is 28.8 Å². The topological polar surface area (TPSA) is 76.1 Å². The summed E-state index contributed by atoms with van der Waals surface area (Å²) in [6.45, 7) is 10.7. The molecular weight excluding hydrogens is 414 g/mol. The lowest BCUT2D eigenvalue weighted by molar-refractivity contribution is -0.140. The second-order valence-electron chi connectivity index (χ2n) is 7.79. The third kappa shape index (κ3) is 4.67. The van der Waals surface area contributed by atoms with E-state index < -0.39 is 17.7 Å². The van der Waals surface area contributed by atoms with E-state index in [-0.39, 0.29) is 24.0 Å². The highest BCUT2D eigenvalue weighted by Gasteiger charge is 2.46. The van der Waals surface area contributed by atoms with Crippen molar-refractivity contribution in [2.45, 2.75) is 46.8 Å². The summed E-state index contributed by atoms with van der Waals surface area (Å²) >= 11 is 1.47. The van der Waals surface area contributed by atoms with Crippen LogP contribution in [0, 0.1) is 13.8 Å². The van der Waals surface area contributed by atoms with Crippen molar-refractivity contribution in [3.63, 3.8) is 0 Å². The fourth-order valence-corrected chi connectivity index (χ4v) is 4.75. The van der Waals surface area contributed by atoms with Crippen molar-refractivity contribution in [1.82, 2.24) is 4.90 Å². The second kappa shape index (κ2) is 9.66. The van der Waals surface area contributed by atoms with E-state index in [4.69, 9.17) is 9.47 Å². The highest BCUT2D eigenvalue weighted by molar-refractivity contribution is 7.10. The Morgan fingerprint density at radius 2 is 1.94 bits per heavy atom. The SMILES string of the molecule is CCOc1ccc(/C(O)=C2/C(=O)C(=O)N(CCOC(C)C)C2c2sccc2C)cc1C. The maximum absolute atomic E-state index is 13.0. The molecule has 0 spiro atoms. The molecule has 1 aliphatic heterocycles. The van der Waals surface area contributed by atoms with E-state index in [9.17, 15) is 14.7 Å². The summed E-state index contributed by atoms with van der Waals surface area (Å²) in [4.78, 5) is 28.3. The molecule has 2 aromatic rings. The number of ether oxygens (including phenoxy) is 2. The van der Waals surface area contributed by atoms with Gasteiger partial charge in [-0.15, -0.1) is 11.3 Å². The van der Waals surface area contributed by atoms with Crippen LogP contribution in [0.15, 0.2) is 35.2 Å². The number of carbonyl (C=O) groups excluding carboxylic acids is 2. The number of amides is 1. The standard InChI is InChI=1S/C24H29NO5S/c1-6-29-18-8-7-17(13-16(18)5)21(26)19-20(23-15(4)9-12-31-23)25(24(28)22(19)27)10-11-30-14(2)3/h7-9,12-14,20,26H,6,10-11H2,1-5H3/b21-19-. The van der Waals surface area contributed by atoms with Crippen LogP contribution in [0.3, 0.4) is 0 Å². The Bertz CT molecular complexity index is 1010. The van der Waals surface area contributed by atoms with Crippen LogP contribution in [0.1, 0.15) is 48.4 Å². The summed E-state index contributed by atoms with van der Waals surface area (Å²) in [6, 6.07) is 6.56. The van der Waals surface area contributed by atoms with Crippen LogP contribution in [0.2, 0.25) is 0 Å². The Labute approximate surface area is 187 Å². The van der Waals surface area contributed by atoms with Crippen LogP contribution in [-0.4, -0.2) is 47.6 Å². The Balaban J connectivity index is 2.07. The van der Waals surface area contributed by atoms with E-state index in [1.807, 2.05) is 46.1 Å². The first-order chi connectivity index (χ1) is 14.8. The molecule has 31 heavy (non-hydrogen) atoms. The normalized spacial score (nSPS) is 18.3. The summed E-state index contributed by atoms with van der Waals surface area (Å²) in [6.07, 6.45) is 0.0191. The monoisotopic (exact) mass is 443 g/mol. The molecule has 1 saturated heterocycles. The lowest BCUT2D eigenvalue weighted by atomic mass is 9.97. The first-order valence-electron chi connectivity index (χ1n) is 10.4. The molecule has 0 aliphatic carbocycles. The lowest BCUT2D eigenvalue weighted by Gasteiger charge is -2.25. The Hall–Kier alpha value is -2.64. The number of ketones is 1. The average molecular weight is 444 g/mol. The summed E-state index contributed by atoms with van der Waals surface area (Å²) in [5.41, 5.74) is 2.41. The quantitative estimate of drug-likeness (QED) is 0.366. The van der Waals surface area contributed by atoms with Crippen LogP contribution in [0.25, 0.3) is 5.76 Å². The highest BCUT2D eigenvalue weighted by Crippen LogP contribution is 2.42. The molecule has 1 aromatic carbocycles. The number of aryl methyl sites for hydroxylation is 2. The molecule has 3 rings (SSSR count). The van der Waals surface area contributed by atoms with Crippen molar-refractivity contribution in [1.29, 1.82) is 0 Å². The van der Waals surface area contributed by atoms with Gasteiger partial charge in [-0.05, 0) is 75.4 Å². The summed E-state index contributed by atoms with van der Waals surface area (Å²) in [5.74, 6) is -0.744. The molecule has 1 aromatic heterocycles. The summed E-state index contributed by atoms with van der Waals surface area (Å²) in [5, 5.41) is 13.1. The molecule has 1 N–H and O–H groups in total. The predicted molar refractivity (Wildman–Crippen MR) is 122 cm³/mol. The van der Waals surface area contributed by atoms with Crippen LogP contribution in [0.4, 0.5) is 0 Å². The second-order valence-corrected chi connectivity index (χ2v) is 8.74. The van der Waals surface area contributed by atoms with Crippen molar-refractivity contribution in [3.05, 3.63) is 56.8 Å². The zero-order chi connectivity index (χ0) is 22.7. The minimum Gasteiger partial charge on any atom is -0.507 e. The van der Waals surface area contributed by atoms with E-state index >= 15 is 0 Å². The van der Waals surface area contributed by atoms with Gasteiger partial charge in [0.1, 0.15) is 11.5 Å². The molecule has 0 radical (unpaired) electrons. The first-order valence-corrected chi connectivity index (χ1v) is 11.3. The van der Waals surface area contributed by atoms with Crippen molar-refractivity contribution in [3.8, 4) is 5.75 Å². The van der Waals surface area contributed by atoms with Crippen LogP contribution >= 0.6 is 11.3 Å². The number of Topliss-reactive ketones (excluding diaryl/α,β-unsaturated/α-hetero) is 1. The van der Waals surface area contributed by atoms with E-state index in [2.05, 4.69) is 0 Å². The van der Waals surface area contributed by atoms with Gasteiger partial charge in [-0.25, -0.2) is 0 Å². The molecular formula is C24H29NO5S. The number of hydrogen-bond acceptors (Lipinski definition) is 6. The van der Waals surface area contributed by atoms with E-state index in [1.54, 1.807) is 18.2 Å². The highest BCUT2D eigenvalue weighted by atomic mass is 32.1. The zero-order valence-electron chi connectivity index (χ0n) is 18.6. The molecule has 6 nitrogen and oxygen atoms in total. The van der Waals surface area contributed by atoms with Gasteiger partial charge < -0.3 is 19.5 Å². The van der Waals surface area contributed by atoms with E-state index in [0.29, 0.717) is 18.8 Å². The number of aliphatic hydroxyl groups excluding tert-OH is 1. The van der Waals surface area contributed by atoms with Gasteiger partial charge >= 0.3 is 0 Å². The summed E-state index contributed by atoms with van der Waals surface area (Å²) < 4.78 is 11.2.